The van der Waals surface area contributed by atoms with Crippen molar-refractivity contribution < 1.29 is 4.39 Å². The first-order valence-corrected chi connectivity index (χ1v) is 7.77. The van der Waals surface area contributed by atoms with Crippen LogP contribution in [0, 0.1) is 12.7 Å². The Balaban J connectivity index is 0.00000288. The van der Waals surface area contributed by atoms with Crippen LogP contribution in [0.15, 0.2) is 47.7 Å². The van der Waals surface area contributed by atoms with Crippen LogP contribution in [0.4, 0.5) is 4.39 Å². The van der Waals surface area contributed by atoms with Crippen molar-refractivity contribution in [3.63, 3.8) is 0 Å². The fraction of sp³-hybridized carbons (Fsp3) is 0.333. The van der Waals surface area contributed by atoms with E-state index in [1.807, 2.05) is 18.5 Å². The van der Waals surface area contributed by atoms with E-state index in [9.17, 15) is 4.39 Å². The molecule has 0 spiro atoms. The van der Waals surface area contributed by atoms with Gasteiger partial charge in [0.25, 0.3) is 0 Å². The third-order valence-corrected chi connectivity index (χ3v) is 3.67. The van der Waals surface area contributed by atoms with Gasteiger partial charge in [-0.05, 0) is 54.7 Å². The van der Waals surface area contributed by atoms with Gasteiger partial charge in [0.1, 0.15) is 5.82 Å². The Hall–Kier alpha value is -1.70. The number of aryl methyl sites for hydroxylation is 1. The summed E-state index contributed by atoms with van der Waals surface area (Å²) in [5.41, 5.74) is 3.59. The average Bonchev–Trinajstić information content (AvgIpc) is 2.57. The van der Waals surface area contributed by atoms with Crippen molar-refractivity contribution in [1.82, 2.24) is 15.6 Å². The molecule has 0 aliphatic rings. The van der Waals surface area contributed by atoms with Crippen LogP contribution in [-0.4, -0.2) is 31.1 Å². The van der Waals surface area contributed by atoms with Crippen LogP contribution >= 0.6 is 24.0 Å². The van der Waals surface area contributed by atoms with Gasteiger partial charge in [-0.1, -0.05) is 12.1 Å². The smallest absolute Gasteiger partial charge is 0.190 e. The molecule has 0 atom stereocenters. The molecule has 0 radical (unpaired) electrons. The Kier molecular flexibility index (Phi) is 9.29. The van der Waals surface area contributed by atoms with Crippen LogP contribution in [0.2, 0.25) is 0 Å². The van der Waals surface area contributed by atoms with Crippen molar-refractivity contribution in [3.05, 3.63) is 65.2 Å². The second kappa shape index (κ2) is 11.0. The molecule has 2 rings (SSSR count). The first-order valence-electron chi connectivity index (χ1n) is 7.77. The lowest BCUT2D eigenvalue weighted by molar-refractivity contribution is 0.626. The quantitative estimate of drug-likeness (QED) is 0.411. The van der Waals surface area contributed by atoms with Gasteiger partial charge in [0.15, 0.2) is 5.96 Å². The summed E-state index contributed by atoms with van der Waals surface area (Å²) in [7, 11) is 1.75. The van der Waals surface area contributed by atoms with E-state index in [4.69, 9.17) is 0 Å². The number of guanidine groups is 1. The molecule has 0 amide bonds. The Bertz CT molecular complexity index is 644. The predicted molar refractivity (Wildman–Crippen MR) is 108 cm³/mol. The van der Waals surface area contributed by atoms with Crippen LogP contribution in [-0.2, 0) is 12.8 Å². The Morgan fingerprint density at radius 1 is 1.08 bits per heavy atom. The van der Waals surface area contributed by atoms with Gasteiger partial charge in [-0.25, -0.2) is 4.39 Å². The van der Waals surface area contributed by atoms with Crippen LogP contribution < -0.4 is 10.6 Å². The van der Waals surface area contributed by atoms with Gasteiger partial charge in [-0.2, -0.15) is 0 Å². The molecular formula is C18H24FIN4. The summed E-state index contributed by atoms with van der Waals surface area (Å²) in [6.07, 6.45) is 5.45. The molecule has 24 heavy (non-hydrogen) atoms. The molecule has 0 fully saturated rings. The van der Waals surface area contributed by atoms with Crippen LogP contribution in [0.5, 0.6) is 0 Å². The van der Waals surface area contributed by atoms with Crippen molar-refractivity contribution in [2.75, 3.05) is 20.1 Å². The third kappa shape index (κ3) is 6.82. The Morgan fingerprint density at radius 3 is 2.38 bits per heavy atom. The molecule has 0 aliphatic carbocycles. The molecule has 0 aliphatic heterocycles. The number of nitrogens with zero attached hydrogens (tertiary/aromatic N) is 2. The maximum Gasteiger partial charge on any atom is 0.190 e. The summed E-state index contributed by atoms with van der Waals surface area (Å²) in [5.74, 6) is 0.574. The van der Waals surface area contributed by atoms with E-state index >= 15 is 0 Å². The van der Waals surface area contributed by atoms with Crippen molar-refractivity contribution in [3.8, 4) is 0 Å². The van der Waals surface area contributed by atoms with Gasteiger partial charge in [-0.3, -0.25) is 9.98 Å². The van der Waals surface area contributed by atoms with Crippen molar-refractivity contribution >= 4 is 29.9 Å². The zero-order valence-electron chi connectivity index (χ0n) is 14.1. The highest BCUT2D eigenvalue weighted by Crippen LogP contribution is 2.05. The van der Waals surface area contributed by atoms with E-state index < -0.39 is 0 Å². The van der Waals surface area contributed by atoms with Crippen molar-refractivity contribution in [1.29, 1.82) is 0 Å². The highest BCUT2D eigenvalue weighted by molar-refractivity contribution is 14.0. The number of aliphatic imine (C=N–C) groups is 1. The van der Waals surface area contributed by atoms with E-state index in [0.29, 0.717) is 0 Å². The zero-order chi connectivity index (χ0) is 16.5. The maximum atomic E-state index is 12.9. The molecule has 130 valence electrons. The first kappa shape index (κ1) is 20.3. The minimum absolute atomic E-state index is 0. The number of hydrogen-bond acceptors (Lipinski definition) is 2. The van der Waals surface area contributed by atoms with Crippen LogP contribution in [0.1, 0.15) is 16.7 Å². The lowest BCUT2D eigenvalue weighted by Crippen LogP contribution is -2.39. The van der Waals surface area contributed by atoms with Crippen molar-refractivity contribution in [2.45, 2.75) is 19.8 Å². The predicted octanol–water partition coefficient (Wildman–Crippen LogP) is 3.10. The molecule has 1 aromatic carbocycles. The van der Waals surface area contributed by atoms with Gasteiger partial charge in [-0.15, -0.1) is 24.0 Å². The van der Waals surface area contributed by atoms with E-state index in [2.05, 4.69) is 27.5 Å². The topological polar surface area (TPSA) is 49.3 Å². The molecule has 2 N–H and O–H groups in total. The summed E-state index contributed by atoms with van der Waals surface area (Å²) < 4.78 is 12.9. The summed E-state index contributed by atoms with van der Waals surface area (Å²) in [6, 6.07) is 8.62. The largest absolute Gasteiger partial charge is 0.356 e. The minimum atomic E-state index is -0.203. The first-order chi connectivity index (χ1) is 11.2. The molecule has 4 nitrogen and oxygen atoms in total. The molecule has 0 saturated carbocycles. The number of rotatable bonds is 6. The van der Waals surface area contributed by atoms with Gasteiger partial charge in [0.05, 0.1) is 0 Å². The highest BCUT2D eigenvalue weighted by Gasteiger charge is 2.00. The second-order valence-corrected chi connectivity index (χ2v) is 5.35. The zero-order valence-corrected chi connectivity index (χ0v) is 16.4. The standard InChI is InChI=1S/C18H23FN4.HI/c1-14-13-21-10-8-16(14)9-12-23-18(20-2)22-11-7-15-3-5-17(19)6-4-15;/h3-6,8,10,13H,7,9,11-12H2,1-2H3,(H2,20,22,23);1H. The fourth-order valence-corrected chi connectivity index (χ4v) is 2.30. The summed E-state index contributed by atoms with van der Waals surface area (Å²) in [5, 5.41) is 6.57. The van der Waals surface area contributed by atoms with Gasteiger partial charge < -0.3 is 10.6 Å². The maximum absolute atomic E-state index is 12.9. The van der Waals surface area contributed by atoms with E-state index in [-0.39, 0.29) is 29.8 Å². The summed E-state index contributed by atoms with van der Waals surface area (Å²) in [6.45, 7) is 3.62. The Morgan fingerprint density at radius 2 is 1.75 bits per heavy atom. The normalized spacial score (nSPS) is 10.9. The van der Waals surface area contributed by atoms with Crippen molar-refractivity contribution in [2.24, 2.45) is 4.99 Å². The minimum Gasteiger partial charge on any atom is -0.356 e. The number of benzene rings is 1. The second-order valence-electron chi connectivity index (χ2n) is 5.35. The van der Waals surface area contributed by atoms with E-state index in [1.165, 1.54) is 23.3 Å². The van der Waals surface area contributed by atoms with E-state index in [0.717, 1.165) is 37.5 Å². The summed E-state index contributed by atoms with van der Waals surface area (Å²) in [4.78, 5) is 8.31. The number of nitrogens with one attached hydrogen (secondary N) is 2. The lowest BCUT2D eigenvalue weighted by Gasteiger charge is -2.12. The highest BCUT2D eigenvalue weighted by atomic mass is 127. The van der Waals surface area contributed by atoms with E-state index in [1.54, 1.807) is 19.2 Å². The fourth-order valence-electron chi connectivity index (χ4n) is 2.30. The number of aromatic nitrogens is 1. The number of hydrogen-bond donors (Lipinski definition) is 2. The molecule has 0 bridgehead atoms. The number of halogens is 2. The molecule has 1 aromatic heterocycles. The van der Waals surface area contributed by atoms with Crippen LogP contribution in [0.3, 0.4) is 0 Å². The molecular weight excluding hydrogens is 418 g/mol. The monoisotopic (exact) mass is 442 g/mol. The summed E-state index contributed by atoms with van der Waals surface area (Å²) >= 11 is 0. The van der Waals surface area contributed by atoms with Crippen LogP contribution in [0.25, 0.3) is 0 Å². The molecule has 0 unspecified atom stereocenters. The van der Waals surface area contributed by atoms with Gasteiger partial charge in [0, 0.05) is 32.5 Å². The number of pyridine rings is 1. The van der Waals surface area contributed by atoms with Gasteiger partial charge >= 0.3 is 0 Å². The lowest BCUT2D eigenvalue weighted by atomic mass is 10.1. The average molecular weight is 442 g/mol. The Labute approximate surface area is 160 Å². The molecule has 6 heteroatoms. The third-order valence-electron chi connectivity index (χ3n) is 3.67. The molecule has 1 heterocycles. The SMILES string of the molecule is CN=C(NCCc1ccc(F)cc1)NCCc1ccncc1C.I. The molecule has 2 aromatic rings. The molecule has 0 saturated heterocycles. The van der Waals surface area contributed by atoms with Gasteiger partial charge in [0.2, 0.25) is 0 Å².